The van der Waals surface area contributed by atoms with Gasteiger partial charge in [-0.2, -0.15) is 0 Å². The van der Waals surface area contributed by atoms with E-state index in [2.05, 4.69) is 152 Å². The fraction of sp³-hybridized carbons (Fsp3) is 0. The van der Waals surface area contributed by atoms with E-state index >= 15 is 0 Å². The summed E-state index contributed by atoms with van der Waals surface area (Å²) in [5, 5.41) is 14.2. The van der Waals surface area contributed by atoms with Gasteiger partial charge in [0.1, 0.15) is 22.3 Å². The Labute approximate surface area is 275 Å². The summed E-state index contributed by atoms with van der Waals surface area (Å²) in [5.41, 5.74) is 8.38. The zero-order valence-electron chi connectivity index (χ0n) is 25.8. The lowest BCUT2D eigenvalue weighted by Gasteiger charge is -2.18. The van der Waals surface area contributed by atoms with Gasteiger partial charge >= 0.3 is 0 Å². The topological polar surface area (TPSA) is 26.3 Å². The molecule has 0 amide bonds. The van der Waals surface area contributed by atoms with Crippen molar-refractivity contribution in [2.75, 3.05) is 0 Å². The van der Waals surface area contributed by atoms with Gasteiger partial charge in [-0.15, -0.1) is 0 Å². The number of rotatable bonds is 2. The molecule has 9 aromatic carbocycles. The fourth-order valence-corrected chi connectivity index (χ4v) is 8.24. The van der Waals surface area contributed by atoms with Gasteiger partial charge in [-0.3, -0.25) is 0 Å². The van der Waals surface area contributed by atoms with Gasteiger partial charge in [-0.05, 0) is 67.0 Å². The minimum absolute atomic E-state index is 0.900. The Hall–Kier alpha value is -6.38. The van der Waals surface area contributed by atoms with Gasteiger partial charge in [0.15, 0.2) is 0 Å². The van der Waals surface area contributed by atoms with Gasteiger partial charge in [0.05, 0.1) is 0 Å². The van der Waals surface area contributed by atoms with Crippen LogP contribution >= 0.6 is 0 Å². The molecule has 48 heavy (non-hydrogen) atoms. The van der Waals surface area contributed by atoms with Gasteiger partial charge in [-0.1, -0.05) is 140 Å². The number of hydrogen-bond acceptors (Lipinski definition) is 2. The summed E-state index contributed by atoms with van der Waals surface area (Å²) < 4.78 is 13.3. The third kappa shape index (κ3) is 3.41. The Kier molecular flexibility index (Phi) is 5.14. The first kappa shape index (κ1) is 25.8. The highest BCUT2D eigenvalue weighted by Gasteiger charge is 2.21. The molecule has 0 N–H and O–H groups in total. The maximum atomic E-state index is 6.67. The molecular formula is C46H26O2. The second-order valence-electron chi connectivity index (χ2n) is 12.7. The van der Waals surface area contributed by atoms with Crippen LogP contribution in [0.1, 0.15) is 0 Å². The predicted octanol–water partition coefficient (Wildman–Crippen LogP) is 13.4. The van der Waals surface area contributed by atoms with Crippen LogP contribution < -0.4 is 0 Å². The van der Waals surface area contributed by atoms with E-state index in [0.717, 1.165) is 49.4 Å². The molecule has 0 aliphatic heterocycles. The van der Waals surface area contributed by atoms with Gasteiger partial charge in [0, 0.05) is 38.1 Å². The van der Waals surface area contributed by atoms with Crippen molar-refractivity contribution in [2.24, 2.45) is 0 Å². The Morgan fingerprint density at radius 2 is 0.771 bits per heavy atom. The molecule has 0 aliphatic rings. The Balaban J connectivity index is 1.26. The Morgan fingerprint density at radius 1 is 0.292 bits per heavy atom. The molecule has 2 heterocycles. The zero-order valence-corrected chi connectivity index (χ0v) is 25.8. The van der Waals surface area contributed by atoms with E-state index in [1.165, 1.54) is 59.8 Å². The van der Waals surface area contributed by atoms with Crippen molar-refractivity contribution in [3.63, 3.8) is 0 Å². The monoisotopic (exact) mass is 610 g/mol. The molecule has 0 spiro atoms. The summed E-state index contributed by atoms with van der Waals surface area (Å²) >= 11 is 0. The second-order valence-corrected chi connectivity index (χ2v) is 12.7. The van der Waals surface area contributed by atoms with Crippen LogP contribution in [0.3, 0.4) is 0 Å². The van der Waals surface area contributed by atoms with E-state index in [9.17, 15) is 0 Å². The molecule has 0 unspecified atom stereocenters. The molecule has 0 atom stereocenters. The minimum atomic E-state index is 0.900. The van der Waals surface area contributed by atoms with Crippen LogP contribution in [0.2, 0.25) is 0 Å². The van der Waals surface area contributed by atoms with Crippen LogP contribution in [0.25, 0.3) is 109 Å². The molecule has 0 fully saturated rings. The van der Waals surface area contributed by atoms with Crippen LogP contribution in [0, 0.1) is 0 Å². The maximum Gasteiger partial charge on any atom is 0.143 e. The number of para-hydroxylation sites is 2. The average Bonchev–Trinajstić information content (AvgIpc) is 3.73. The van der Waals surface area contributed by atoms with Crippen LogP contribution in [-0.2, 0) is 0 Å². The van der Waals surface area contributed by atoms with E-state index in [1.54, 1.807) is 0 Å². The van der Waals surface area contributed by atoms with Crippen molar-refractivity contribution < 1.29 is 8.83 Å². The van der Waals surface area contributed by atoms with Crippen molar-refractivity contribution in [1.82, 2.24) is 0 Å². The van der Waals surface area contributed by atoms with E-state index in [-0.39, 0.29) is 0 Å². The van der Waals surface area contributed by atoms with Crippen molar-refractivity contribution in [3.05, 3.63) is 158 Å². The first-order valence-electron chi connectivity index (χ1n) is 16.4. The smallest absolute Gasteiger partial charge is 0.143 e. The van der Waals surface area contributed by atoms with E-state index < -0.39 is 0 Å². The highest BCUT2D eigenvalue weighted by atomic mass is 16.3. The minimum Gasteiger partial charge on any atom is -0.455 e. The van der Waals surface area contributed by atoms with Crippen LogP contribution in [0.5, 0.6) is 0 Å². The largest absolute Gasteiger partial charge is 0.455 e. The molecule has 2 aromatic heterocycles. The fourth-order valence-electron chi connectivity index (χ4n) is 8.24. The van der Waals surface area contributed by atoms with Gasteiger partial charge < -0.3 is 8.83 Å². The van der Waals surface area contributed by atoms with Gasteiger partial charge in [0.25, 0.3) is 0 Å². The molecule has 2 nitrogen and oxygen atoms in total. The second kappa shape index (κ2) is 9.57. The summed E-state index contributed by atoms with van der Waals surface area (Å²) in [6.45, 7) is 0. The summed E-state index contributed by atoms with van der Waals surface area (Å²) in [7, 11) is 0. The summed E-state index contributed by atoms with van der Waals surface area (Å²) in [6.07, 6.45) is 0. The molecule has 0 bridgehead atoms. The molecular weight excluding hydrogens is 585 g/mol. The summed E-state index contributed by atoms with van der Waals surface area (Å²) in [4.78, 5) is 0. The van der Waals surface area contributed by atoms with E-state index in [4.69, 9.17) is 8.83 Å². The van der Waals surface area contributed by atoms with Gasteiger partial charge in [-0.25, -0.2) is 0 Å². The Morgan fingerprint density at radius 3 is 1.48 bits per heavy atom. The number of furan rings is 2. The number of fused-ring (bicyclic) bond motifs is 13. The average molecular weight is 611 g/mol. The van der Waals surface area contributed by atoms with Crippen molar-refractivity contribution in [2.45, 2.75) is 0 Å². The normalized spacial score (nSPS) is 12.2. The summed E-state index contributed by atoms with van der Waals surface area (Å²) in [5.74, 6) is 0. The third-order valence-electron chi connectivity index (χ3n) is 10.2. The molecule has 0 radical (unpaired) electrons. The lowest BCUT2D eigenvalue weighted by Crippen LogP contribution is -1.91. The molecule has 222 valence electrons. The van der Waals surface area contributed by atoms with E-state index in [0.29, 0.717) is 0 Å². The number of hydrogen-bond donors (Lipinski definition) is 0. The number of benzene rings is 9. The molecule has 0 aliphatic carbocycles. The van der Waals surface area contributed by atoms with Crippen molar-refractivity contribution in [1.29, 1.82) is 0 Å². The van der Waals surface area contributed by atoms with Crippen LogP contribution in [0.15, 0.2) is 167 Å². The quantitative estimate of drug-likeness (QED) is 0.144. The first-order valence-corrected chi connectivity index (χ1v) is 16.4. The lowest BCUT2D eigenvalue weighted by atomic mass is 9.85. The molecule has 11 rings (SSSR count). The van der Waals surface area contributed by atoms with Crippen molar-refractivity contribution in [3.8, 4) is 22.3 Å². The standard InChI is InChI=1S/C46H26O2/c1-3-15-31-28(12-1)29-13-2-8-20-36(29)46-44(31)39-26-27(24-25-41(39)48-46)42-32-16-4-6-18-34(32)43(35-19-7-5-17-33(35)42)38-22-11-21-37-30-14-9-10-23-40(30)47-45(37)38/h1-26H. The SMILES string of the molecule is c1ccc2c(c1)oc1c(-c3c4ccccc4c(-c4ccc5oc6c7ccccc7c7ccccc7c6c5c4)c4ccccc34)cccc12. The predicted molar refractivity (Wildman–Crippen MR) is 202 cm³/mol. The molecule has 2 heteroatoms. The molecule has 0 saturated carbocycles. The molecule has 0 saturated heterocycles. The maximum absolute atomic E-state index is 6.67. The van der Waals surface area contributed by atoms with E-state index in [1.807, 2.05) is 6.07 Å². The van der Waals surface area contributed by atoms with Crippen LogP contribution in [-0.4, -0.2) is 0 Å². The zero-order chi connectivity index (χ0) is 31.3. The van der Waals surface area contributed by atoms with Crippen LogP contribution in [0.4, 0.5) is 0 Å². The third-order valence-corrected chi connectivity index (χ3v) is 10.2. The summed E-state index contributed by atoms with van der Waals surface area (Å²) in [6, 6.07) is 56.5. The molecule has 11 aromatic rings. The van der Waals surface area contributed by atoms with Gasteiger partial charge in [0.2, 0.25) is 0 Å². The lowest BCUT2D eigenvalue weighted by molar-refractivity contribution is 0.670. The first-order chi connectivity index (χ1) is 23.8. The Bertz CT molecular complexity index is 3060. The van der Waals surface area contributed by atoms with Crippen molar-refractivity contribution >= 4 is 87.0 Å². The highest BCUT2D eigenvalue weighted by Crippen LogP contribution is 2.48. The highest BCUT2D eigenvalue weighted by molar-refractivity contribution is 6.31.